The van der Waals surface area contributed by atoms with Gasteiger partial charge in [-0.25, -0.2) is 0 Å². The smallest absolute Gasteiger partial charge is 0.305 e. The third-order valence-corrected chi connectivity index (χ3v) is 3.87. The second kappa shape index (κ2) is 8.37. The molecule has 0 heterocycles. The summed E-state index contributed by atoms with van der Waals surface area (Å²) in [6.45, 7) is 2.59. The van der Waals surface area contributed by atoms with Crippen LogP contribution < -0.4 is 5.32 Å². The van der Waals surface area contributed by atoms with E-state index < -0.39 is 0 Å². The van der Waals surface area contributed by atoms with E-state index in [1.54, 1.807) is 25.1 Å². The van der Waals surface area contributed by atoms with E-state index in [0.717, 1.165) is 3.57 Å². The predicted octanol–water partition coefficient (Wildman–Crippen LogP) is 3.02. The monoisotopic (exact) mass is 395 g/mol. The summed E-state index contributed by atoms with van der Waals surface area (Å²) in [7, 11) is 0. The lowest BCUT2D eigenvalue weighted by atomic mass is 10.2. The van der Waals surface area contributed by atoms with E-state index in [0.29, 0.717) is 36.6 Å². The van der Waals surface area contributed by atoms with Crippen LogP contribution in [-0.2, 0) is 9.53 Å². The fourth-order valence-electron chi connectivity index (χ4n) is 1.41. The van der Waals surface area contributed by atoms with Gasteiger partial charge in [0.2, 0.25) is 0 Å². The molecule has 1 amide bonds. The van der Waals surface area contributed by atoms with Crippen LogP contribution in [0, 0.1) is 3.57 Å². The third kappa shape index (κ3) is 5.78. The molecule has 19 heavy (non-hydrogen) atoms. The van der Waals surface area contributed by atoms with Gasteiger partial charge in [0.1, 0.15) is 0 Å². The number of esters is 1. The molecule has 0 aliphatic carbocycles. The summed E-state index contributed by atoms with van der Waals surface area (Å²) < 4.78 is 5.63. The fraction of sp³-hybridized carbons (Fsp3) is 0.385. The Labute approximate surface area is 131 Å². The van der Waals surface area contributed by atoms with Crippen molar-refractivity contribution in [3.63, 3.8) is 0 Å². The molecule has 1 N–H and O–H groups in total. The summed E-state index contributed by atoms with van der Waals surface area (Å²) in [4.78, 5) is 22.9. The van der Waals surface area contributed by atoms with Gasteiger partial charge in [0.05, 0.1) is 11.6 Å². The molecule has 104 valence electrons. The van der Waals surface area contributed by atoms with Crippen molar-refractivity contribution in [1.29, 1.82) is 0 Å². The van der Waals surface area contributed by atoms with Crippen LogP contribution in [0.25, 0.3) is 0 Å². The predicted molar refractivity (Wildman–Crippen MR) is 82.4 cm³/mol. The Morgan fingerprint density at radius 1 is 1.42 bits per heavy atom. The Bertz CT molecular complexity index is 465. The van der Waals surface area contributed by atoms with Crippen molar-refractivity contribution in [2.45, 2.75) is 19.8 Å². The van der Waals surface area contributed by atoms with Crippen LogP contribution in [0.2, 0.25) is 5.02 Å². The molecule has 0 aliphatic heterocycles. The lowest BCUT2D eigenvalue weighted by Gasteiger charge is -2.06. The summed E-state index contributed by atoms with van der Waals surface area (Å²) in [6, 6.07) is 5.09. The van der Waals surface area contributed by atoms with Gasteiger partial charge in [-0.05, 0) is 54.1 Å². The molecule has 0 saturated carbocycles. The summed E-state index contributed by atoms with van der Waals surface area (Å²) in [5.74, 6) is -0.406. The second-order valence-electron chi connectivity index (χ2n) is 3.79. The lowest BCUT2D eigenvalue weighted by molar-refractivity contribution is -0.143. The zero-order valence-electron chi connectivity index (χ0n) is 10.5. The molecular formula is C13H15ClINO3. The minimum absolute atomic E-state index is 0.168. The van der Waals surface area contributed by atoms with Gasteiger partial charge in [-0.1, -0.05) is 11.6 Å². The number of benzene rings is 1. The number of nitrogens with one attached hydrogen (secondary N) is 1. The van der Waals surface area contributed by atoms with Gasteiger partial charge in [-0.3, -0.25) is 9.59 Å². The van der Waals surface area contributed by atoms with Crippen molar-refractivity contribution in [3.8, 4) is 0 Å². The minimum Gasteiger partial charge on any atom is -0.466 e. The van der Waals surface area contributed by atoms with Crippen LogP contribution in [0.3, 0.4) is 0 Å². The van der Waals surface area contributed by atoms with E-state index >= 15 is 0 Å². The summed E-state index contributed by atoms with van der Waals surface area (Å²) in [5, 5.41) is 3.37. The van der Waals surface area contributed by atoms with Crippen LogP contribution >= 0.6 is 34.2 Å². The lowest BCUT2D eigenvalue weighted by Crippen LogP contribution is -2.25. The first kappa shape index (κ1) is 16.2. The maximum Gasteiger partial charge on any atom is 0.305 e. The first-order valence-electron chi connectivity index (χ1n) is 5.93. The molecule has 4 nitrogen and oxygen atoms in total. The molecular weight excluding hydrogens is 381 g/mol. The highest BCUT2D eigenvalue weighted by atomic mass is 127. The highest BCUT2D eigenvalue weighted by molar-refractivity contribution is 14.1. The van der Waals surface area contributed by atoms with Gasteiger partial charge >= 0.3 is 5.97 Å². The van der Waals surface area contributed by atoms with Gasteiger partial charge in [0.25, 0.3) is 5.91 Å². The Balaban J connectivity index is 2.35. The highest BCUT2D eigenvalue weighted by Gasteiger charge is 2.08. The maximum atomic E-state index is 11.8. The molecule has 0 radical (unpaired) electrons. The van der Waals surface area contributed by atoms with E-state index in [-0.39, 0.29) is 11.9 Å². The number of rotatable bonds is 6. The number of amides is 1. The zero-order chi connectivity index (χ0) is 14.3. The normalized spacial score (nSPS) is 10.1. The third-order valence-electron chi connectivity index (χ3n) is 2.33. The van der Waals surface area contributed by atoms with E-state index in [4.69, 9.17) is 16.3 Å². The van der Waals surface area contributed by atoms with Crippen molar-refractivity contribution in [1.82, 2.24) is 5.32 Å². The number of carbonyl (C=O) groups is 2. The SMILES string of the molecule is CCOC(=O)CCCNC(=O)c1ccc(Cl)c(I)c1. The van der Waals surface area contributed by atoms with Gasteiger partial charge < -0.3 is 10.1 Å². The molecule has 0 unspecified atom stereocenters. The van der Waals surface area contributed by atoms with Gasteiger partial charge in [-0.15, -0.1) is 0 Å². The van der Waals surface area contributed by atoms with E-state index in [9.17, 15) is 9.59 Å². The van der Waals surface area contributed by atoms with Gasteiger partial charge in [0, 0.05) is 22.1 Å². The van der Waals surface area contributed by atoms with E-state index in [1.165, 1.54) is 0 Å². The van der Waals surface area contributed by atoms with Crippen molar-refractivity contribution in [3.05, 3.63) is 32.4 Å². The number of ether oxygens (including phenoxy) is 1. The average molecular weight is 396 g/mol. The molecule has 0 bridgehead atoms. The first-order chi connectivity index (χ1) is 9.04. The van der Waals surface area contributed by atoms with Crippen molar-refractivity contribution in [2.75, 3.05) is 13.2 Å². The summed E-state index contributed by atoms with van der Waals surface area (Å²) in [6.07, 6.45) is 0.877. The second-order valence-corrected chi connectivity index (χ2v) is 5.36. The molecule has 0 spiro atoms. The maximum absolute atomic E-state index is 11.8. The Morgan fingerprint density at radius 2 is 2.16 bits per heavy atom. The molecule has 0 atom stereocenters. The molecule has 0 fully saturated rings. The van der Waals surface area contributed by atoms with Gasteiger partial charge in [-0.2, -0.15) is 0 Å². The molecule has 0 aromatic heterocycles. The fourth-order valence-corrected chi connectivity index (χ4v) is 2.04. The van der Waals surface area contributed by atoms with Gasteiger partial charge in [0.15, 0.2) is 0 Å². The molecule has 1 rings (SSSR count). The topological polar surface area (TPSA) is 55.4 Å². The van der Waals surface area contributed by atoms with Crippen LogP contribution in [-0.4, -0.2) is 25.0 Å². The number of carbonyl (C=O) groups excluding carboxylic acids is 2. The zero-order valence-corrected chi connectivity index (χ0v) is 13.5. The largest absolute Gasteiger partial charge is 0.466 e. The highest BCUT2D eigenvalue weighted by Crippen LogP contribution is 2.19. The number of halogens is 2. The van der Waals surface area contributed by atoms with Crippen LogP contribution in [0.15, 0.2) is 18.2 Å². The molecule has 0 aliphatic rings. The van der Waals surface area contributed by atoms with Crippen molar-refractivity contribution < 1.29 is 14.3 Å². The minimum atomic E-state index is -0.238. The van der Waals surface area contributed by atoms with Crippen molar-refractivity contribution >= 4 is 46.1 Å². The number of hydrogen-bond donors (Lipinski definition) is 1. The van der Waals surface area contributed by atoms with E-state index in [1.807, 2.05) is 0 Å². The van der Waals surface area contributed by atoms with Crippen LogP contribution in [0.5, 0.6) is 0 Å². The summed E-state index contributed by atoms with van der Waals surface area (Å²) in [5.41, 5.74) is 0.560. The Hall–Kier alpha value is -0.820. The van der Waals surface area contributed by atoms with E-state index in [2.05, 4.69) is 27.9 Å². The average Bonchev–Trinajstić information content (AvgIpc) is 2.38. The molecule has 0 saturated heterocycles. The standard InChI is InChI=1S/C13H15ClINO3/c1-2-19-12(17)4-3-7-16-13(18)9-5-6-10(14)11(15)8-9/h5-6,8H,2-4,7H2,1H3,(H,16,18). The van der Waals surface area contributed by atoms with Crippen LogP contribution in [0.1, 0.15) is 30.1 Å². The Morgan fingerprint density at radius 3 is 2.79 bits per heavy atom. The van der Waals surface area contributed by atoms with Crippen molar-refractivity contribution in [2.24, 2.45) is 0 Å². The molecule has 6 heteroatoms. The first-order valence-corrected chi connectivity index (χ1v) is 7.39. The molecule has 1 aromatic rings. The quantitative estimate of drug-likeness (QED) is 0.458. The Kier molecular flexibility index (Phi) is 7.15. The van der Waals surface area contributed by atoms with Crippen LogP contribution in [0.4, 0.5) is 0 Å². The number of hydrogen-bond acceptors (Lipinski definition) is 3. The summed E-state index contributed by atoms with van der Waals surface area (Å²) >= 11 is 7.96. The molecule has 1 aromatic carbocycles.